The van der Waals surface area contributed by atoms with Gasteiger partial charge in [0, 0.05) is 37.1 Å². The Hall–Kier alpha value is -3.36. The van der Waals surface area contributed by atoms with Crippen molar-refractivity contribution in [3.8, 4) is 0 Å². The summed E-state index contributed by atoms with van der Waals surface area (Å²) in [5.41, 5.74) is 2.70. The highest BCUT2D eigenvalue weighted by atomic mass is 32.2. The van der Waals surface area contributed by atoms with Crippen LogP contribution in [0.3, 0.4) is 0 Å². The third-order valence-electron chi connectivity index (χ3n) is 5.40. The van der Waals surface area contributed by atoms with Crippen molar-refractivity contribution in [2.24, 2.45) is 0 Å². The Morgan fingerprint density at radius 3 is 2.16 bits per heavy atom. The molecule has 3 aromatic rings. The van der Waals surface area contributed by atoms with E-state index in [2.05, 4.69) is 10.2 Å². The fraction of sp³-hybridized carbons (Fsp3) is 0.208. The summed E-state index contributed by atoms with van der Waals surface area (Å²) in [4.78, 5) is 15.0. The molecule has 0 saturated carbocycles. The van der Waals surface area contributed by atoms with Gasteiger partial charge in [0.05, 0.1) is 23.8 Å². The maximum Gasteiger partial charge on any atom is 0.264 e. The number of ether oxygens (including phenoxy) is 1. The van der Waals surface area contributed by atoms with E-state index >= 15 is 0 Å². The number of rotatable bonds is 6. The molecule has 0 spiro atoms. The van der Waals surface area contributed by atoms with Gasteiger partial charge in [-0.2, -0.15) is 0 Å². The van der Waals surface area contributed by atoms with E-state index in [0.717, 1.165) is 18.8 Å². The fourth-order valence-corrected chi connectivity index (χ4v) is 4.69. The molecule has 32 heavy (non-hydrogen) atoms. The van der Waals surface area contributed by atoms with Crippen LogP contribution in [0.15, 0.2) is 83.8 Å². The van der Waals surface area contributed by atoms with Crippen LogP contribution in [0.4, 0.5) is 17.1 Å². The van der Waals surface area contributed by atoms with Gasteiger partial charge in [-0.05, 0) is 60.7 Å². The number of carbonyl (C=O) groups is 1. The van der Waals surface area contributed by atoms with E-state index in [1.165, 1.54) is 35.6 Å². The third-order valence-corrected chi connectivity index (χ3v) is 7.20. The number of carbonyl (C=O) groups excluding carboxylic acids is 1. The first kappa shape index (κ1) is 21.9. The minimum Gasteiger partial charge on any atom is -0.378 e. The Labute approximate surface area is 188 Å². The Morgan fingerprint density at radius 2 is 1.53 bits per heavy atom. The number of hydrogen-bond acceptors (Lipinski definition) is 5. The second-order valence-corrected chi connectivity index (χ2v) is 9.40. The van der Waals surface area contributed by atoms with Gasteiger partial charge in [0.15, 0.2) is 0 Å². The molecule has 0 radical (unpaired) electrons. The topological polar surface area (TPSA) is 79.0 Å². The average molecular weight is 452 g/mol. The SMILES string of the molecule is CN(c1ccccc1)S(=O)(=O)c1ccc(C(=O)Nc2ccc(N3CCOCC3)cc2)cc1. The van der Waals surface area contributed by atoms with Crippen LogP contribution < -0.4 is 14.5 Å². The molecule has 1 N–H and O–H groups in total. The van der Waals surface area contributed by atoms with E-state index in [1.54, 1.807) is 24.3 Å². The third kappa shape index (κ3) is 4.76. The molecule has 1 amide bonds. The summed E-state index contributed by atoms with van der Waals surface area (Å²) in [6.07, 6.45) is 0. The molecule has 0 unspecified atom stereocenters. The molecule has 0 aliphatic carbocycles. The first-order valence-corrected chi connectivity index (χ1v) is 11.8. The van der Waals surface area contributed by atoms with E-state index in [4.69, 9.17) is 4.74 Å². The summed E-state index contributed by atoms with van der Waals surface area (Å²) in [6.45, 7) is 3.12. The number of benzene rings is 3. The molecular weight excluding hydrogens is 426 g/mol. The molecule has 8 heteroatoms. The molecular formula is C24H25N3O4S. The first-order valence-electron chi connectivity index (χ1n) is 10.3. The van der Waals surface area contributed by atoms with Gasteiger partial charge in [0.1, 0.15) is 0 Å². The molecule has 1 heterocycles. The number of nitrogens with one attached hydrogen (secondary N) is 1. The van der Waals surface area contributed by atoms with E-state index in [-0.39, 0.29) is 10.8 Å². The van der Waals surface area contributed by atoms with Gasteiger partial charge in [-0.1, -0.05) is 18.2 Å². The summed E-state index contributed by atoms with van der Waals surface area (Å²) in [6, 6.07) is 22.4. The van der Waals surface area contributed by atoms with Gasteiger partial charge in [0.25, 0.3) is 15.9 Å². The number of hydrogen-bond donors (Lipinski definition) is 1. The number of nitrogens with zero attached hydrogens (tertiary/aromatic N) is 2. The van der Waals surface area contributed by atoms with Gasteiger partial charge in [-0.15, -0.1) is 0 Å². The molecule has 1 aliphatic rings. The summed E-state index contributed by atoms with van der Waals surface area (Å²) < 4.78 is 32.4. The smallest absolute Gasteiger partial charge is 0.264 e. The second-order valence-electron chi connectivity index (χ2n) is 7.43. The van der Waals surface area contributed by atoms with E-state index in [9.17, 15) is 13.2 Å². The van der Waals surface area contributed by atoms with Crippen molar-refractivity contribution in [2.45, 2.75) is 4.90 Å². The van der Waals surface area contributed by atoms with Crippen LogP contribution in [0.5, 0.6) is 0 Å². The molecule has 0 atom stereocenters. The van der Waals surface area contributed by atoms with Crippen molar-refractivity contribution in [2.75, 3.05) is 47.9 Å². The summed E-state index contributed by atoms with van der Waals surface area (Å²) in [5.74, 6) is -0.301. The Morgan fingerprint density at radius 1 is 0.906 bits per heavy atom. The highest BCUT2D eigenvalue weighted by Gasteiger charge is 2.21. The summed E-state index contributed by atoms with van der Waals surface area (Å²) in [7, 11) is -2.22. The number of amides is 1. The summed E-state index contributed by atoms with van der Waals surface area (Å²) >= 11 is 0. The van der Waals surface area contributed by atoms with E-state index in [1.807, 2.05) is 30.3 Å². The number of anilines is 3. The monoisotopic (exact) mass is 451 g/mol. The van der Waals surface area contributed by atoms with Crippen LogP contribution in [0.25, 0.3) is 0 Å². The van der Waals surface area contributed by atoms with Gasteiger partial charge in [-0.3, -0.25) is 9.10 Å². The number of morpholine rings is 1. The van der Waals surface area contributed by atoms with Gasteiger partial charge in [-0.25, -0.2) is 8.42 Å². The molecule has 0 bridgehead atoms. The van der Waals surface area contributed by atoms with E-state index in [0.29, 0.717) is 30.2 Å². The summed E-state index contributed by atoms with van der Waals surface area (Å²) in [5, 5.41) is 2.85. The van der Waals surface area contributed by atoms with Crippen molar-refractivity contribution in [1.29, 1.82) is 0 Å². The first-order chi connectivity index (χ1) is 15.4. The van der Waals surface area contributed by atoms with Crippen molar-refractivity contribution < 1.29 is 17.9 Å². The lowest BCUT2D eigenvalue weighted by molar-refractivity contribution is 0.102. The van der Waals surface area contributed by atoms with Crippen LogP contribution in [-0.2, 0) is 14.8 Å². The highest BCUT2D eigenvalue weighted by molar-refractivity contribution is 7.92. The predicted molar refractivity (Wildman–Crippen MR) is 126 cm³/mol. The van der Waals surface area contributed by atoms with Crippen molar-refractivity contribution >= 4 is 33.0 Å². The second kappa shape index (κ2) is 9.42. The number of para-hydroxylation sites is 1. The van der Waals surface area contributed by atoms with Crippen LogP contribution in [0.2, 0.25) is 0 Å². The maximum absolute atomic E-state index is 12.9. The Balaban J connectivity index is 1.43. The number of sulfonamides is 1. The lowest BCUT2D eigenvalue weighted by Gasteiger charge is -2.28. The van der Waals surface area contributed by atoms with Gasteiger partial charge in [0.2, 0.25) is 0 Å². The molecule has 4 rings (SSSR count). The van der Waals surface area contributed by atoms with Crippen molar-refractivity contribution in [3.05, 3.63) is 84.4 Å². The van der Waals surface area contributed by atoms with Crippen LogP contribution in [0, 0.1) is 0 Å². The molecule has 0 aromatic heterocycles. The largest absolute Gasteiger partial charge is 0.378 e. The Bertz CT molecular complexity index is 1160. The molecule has 3 aromatic carbocycles. The van der Waals surface area contributed by atoms with Crippen LogP contribution in [-0.4, -0.2) is 47.7 Å². The van der Waals surface area contributed by atoms with Crippen LogP contribution in [0.1, 0.15) is 10.4 Å². The van der Waals surface area contributed by atoms with Gasteiger partial charge < -0.3 is 15.0 Å². The van der Waals surface area contributed by atoms with E-state index < -0.39 is 10.0 Å². The quantitative estimate of drug-likeness (QED) is 0.620. The molecule has 166 valence electrons. The van der Waals surface area contributed by atoms with Crippen molar-refractivity contribution in [3.63, 3.8) is 0 Å². The lowest BCUT2D eigenvalue weighted by Crippen LogP contribution is -2.36. The highest BCUT2D eigenvalue weighted by Crippen LogP contribution is 2.23. The molecule has 1 aliphatic heterocycles. The van der Waals surface area contributed by atoms with Crippen molar-refractivity contribution in [1.82, 2.24) is 0 Å². The average Bonchev–Trinajstić information content (AvgIpc) is 2.85. The Kier molecular flexibility index (Phi) is 6.43. The van der Waals surface area contributed by atoms with Crippen LogP contribution >= 0.6 is 0 Å². The fourth-order valence-electron chi connectivity index (χ4n) is 3.49. The van der Waals surface area contributed by atoms with Gasteiger partial charge >= 0.3 is 0 Å². The molecule has 1 fully saturated rings. The normalized spacial score (nSPS) is 14.1. The minimum atomic E-state index is -3.72. The zero-order valence-corrected chi connectivity index (χ0v) is 18.6. The zero-order chi connectivity index (χ0) is 22.6. The minimum absolute atomic E-state index is 0.121. The standard InChI is InChI=1S/C24H25N3O4S/c1-26(21-5-3-2-4-6-21)32(29,30)23-13-7-19(8-14-23)24(28)25-20-9-11-22(12-10-20)27-15-17-31-18-16-27/h2-14H,15-18H2,1H3,(H,25,28). The zero-order valence-electron chi connectivity index (χ0n) is 17.8. The molecule has 7 nitrogen and oxygen atoms in total. The molecule has 1 saturated heterocycles. The maximum atomic E-state index is 12.9. The lowest BCUT2D eigenvalue weighted by atomic mass is 10.2. The predicted octanol–water partition coefficient (Wildman–Crippen LogP) is 3.60.